The van der Waals surface area contributed by atoms with Crippen molar-refractivity contribution in [1.82, 2.24) is 15.1 Å². The van der Waals surface area contributed by atoms with E-state index in [2.05, 4.69) is 5.32 Å². The Morgan fingerprint density at radius 1 is 1.04 bits per heavy atom. The summed E-state index contributed by atoms with van der Waals surface area (Å²) in [5, 5.41) is 3.77. The average Bonchev–Trinajstić information content (AvgIpc) is 2.45. The molecule has 1 fully saturated rings. The summed E-state index contributed by atoms with van der Waals surface area (Å²) in [5.41, 5.74) is 0.157. The first-order chi connectivity index (χ1) is 10.7. The topological polar surface area (TPSA) is 52.7 Å². The van der Waals surface area contributed by atoms with Crippen molar-refractivity contribution in [2.24, 2.45) is 0 Å². The predicted molar refractivity (Wildman–Crippen MR) is 92.2 cm³/mol. The molecule has 0 bridgehead atoms. The van der Waals surface area contributed by atoms with Crippen molar-refractivity contribution in [3.63, 3.8) is 0 Å². The van der Waals surface area contributed by atoms with Crippen LogP contribution in [-0.4, -0.2) is 53.5 Å². The van der Waals surface area contributed by atoms with E-state index in [0.717, 1.165) is 0 Å². The summed E-state index contributed by atoms with van der Waals surface area (Å²) in [4.78, 5) is 28.1. The third-order valence-electron chi connectivity index (χ3n) is 3.50. The second-order valence-corrected chi connectivity index (χ2v) is 7.43. The van der Waals surface area contributed by atoms with Gasteiger partial charge in [-0.1, -0.05) is 23.2 Å². The molecule has 0 saturated carbocycles. The summed E-state index contributed by atoms with van der Waals surface area (Å²) >= 11 is 11.9. The Bertz CT molecular complexity index is 606. The van der Waals surface area contributed by atoms with Crippen LogP contribution in [0.1, 0.15) is 31.1 Å². The molecule has 126 valence electrons. The van der Waals surface area contributed by atoms with Gasteiger partial charge >= 0.3 is 6.03 Å². The van der Waals surface area contributed by atoms with Crippen molar-refractivity contribution in [1.29, 1.82) is 0 Å². The van der Waals surface area contributed by atoms with Gasteiger partial charge in [0.2, 0.25) is 0 Å². The summed E-state index contributed by atoms with van der Waals surface area (Å²) in [7, 11) is 0. The van der Waals surface area contributed by atoms with Gasteiger partial charge in [-0.15, -0.1) is 0 Å². The highest BCUT2D eigenvalue weighted by Crippen LogP contribution is 2.22. The average molecular weight is 358 g/mol. The minimum absolute atomic E-state index is 0.103. The Hall–Kier alpha value is -1.46. The van der Waals surface area contributed by atoms with Crippen molar-refractivity contribution >= 4 is 35.1 Å². The van der Waals surface area contributed by atoms with E-state index in [4.69, 9.17) is 23.2 Å². The molecular weight excluding hydrogens is 337 g/mol. The maximum absolute atomic E-state index is 12.5. The highest BCUT2D eigenvalue weighted by molar-refractivity contribution is 6.36. The Labute approximate surface area is 146 Å². The van der Waals surface area contributed by atoms with Gasteiger partial charge in [0.25, 0.3) is 5.91 Å². The molecule has 1 aliphatic heterocycles. The maximum atomic E-state index is 12.5. The van der Waals surface area contributed by atoms with Gasteiger partial charge in [-0.2, -0.15) is 0 Å². The largest absolute Gasteiger partial charge is 0.335 e. The highest BCUT2D eigenvalue weighted by atomic mass is 35.5. The number of amides is 3. The minimum Gasteiger partial charge on any atom is -0.335 e. The van der Waals surface area contributed by atoms with Crippen LogP contribution in [0.25, 0.3) is 0 Å². The second-order valence-electron chi connectivity index (χ2n) is 6.58. The normalized spacial score (nSPS) is 15.5. The molecule has 0 aliphatic carbocycles. The van der Waals surface area contributed by atoms with Crippen LogP contribution in [0.3, 0.4) is 0 Å². The summed E-state index contributed by atoms with van der Waals surface area (Å²) < 4.78 is 0. The Morgan fingerprint density at radius 3 is 2.13 bits per heavy atom. The zero-order chi connectivity index (χ0) is 17.2. The number of urea groups is 1. The number of nitrogens with zero attached hydrogens (tertiary/aromatic N) is 2. The van der Waals surface area contributed by atoms with Gasteiger partial charge in [0, 0.05) is 36.7 Å². The molecule has 5 nitrogen and oxygen atoms in total. The first-order valence-corrected chi connectivity index (χ1v) is 8.24. The van der Waals surface area contributed by atoms with E-state index >= 15 is 0 Å². The van der Waals surface area contributed by atoms with Gasteiger partial charge in [0.05, 0.1) is 10.6 Å². The summed E-state index contributed by atoms with van der Waals surface area (Å²) in [6.45, 7) is 7.77. The number of halogens is 2. The zero-order valence-corrected chi connectivity index (χ0v) is 15.0. The van der Waals surface area contributed by atoms with Crippen LogP contribution < -0.4 is 5.32 Å². The van der Waals surface area contributed by atoms with E-state index in [0.29, 0.717) is 41.8 Å². The Kier molecular flexibility index (Phi) is 5.42. The van der Waals surface area contributed by atoms with Gasteiger partial charge in [0.1, 0.15) is 0 Å². The quantitative estimate of drug-likeness (QED) is 0.838. The van der Waals surface area contributed by atoms with Gasteiger partial charge < -0.3 is 15.1 Å². The van der Waals surface area contributed by atoms with Crippen LogP contribution in [-0.2, 0) is 0 Å². The molecule has 7 heteroatoms. The van der Waals surface area contributed by atoms with Crippen molar-refractivity contribution < 1.29 is 9.59 Å². The maximum Gasteiger partial charge on any atom is 0.317 e. The lowest BCUT2D eigenvalue weighted by atomic mass is 10.1. The fraction of sp³-hybridized carbons (Fsp3) is 0.500. The first kappa shape index (κ1) is 17.9. The summed E-state index contributed by atoms with van der Waals surface area (Å²) in [6, 6.07) is 4.73. The van der Waals surface area contributed by atoms with Crippen LogP contribution >= 0.6 is 23.2 Å². The third kappa shape index (κ3) is 4.75. The third-order valence-corrected chi connectivity index (χ3v) is 4.05. The van der Waals surface area contributed by atoms with Crippen LogP contribution in [0.2, 0.25) is 10.0 Å². The number of benzene rings is 1. The van der Waals surface area contributed by atoms with Crippen LogP contribution in [0.4, 0.5) is 4.79 Å². The lowest BCUT2D eigenvalue weighted by molar-refractivity contribution is 0.0661. The van der Waals surface area contributed by atoms with Gasteiger partial charge in [-0.05, 0) is 39.0 Å². The lowest BCUT2D eigenvalue weighted by Gasteiger charge is -2.36. The smallest absolute Gasteiger partial charge is 0.317 e. The summed E-state index contributed by atoms with van der Waals surface area (Å²) in [5.74, 6) is -0.137. The fourth-order valence-corrected chi connectivity index (χ4v) is 2.84. The molecule has 0 spiro atoms. The molecule has 23 heavy (non-hydrogen) atoms. The van der Waals surface area contributed by atoms with Crippen LogP contribution in [0, 0.1) is 0 Å². The molecular formula is C16H21Cl2N3O2. The Balaban J connectivity index is 1.96. The van der Waals surface area contributed by atoms with Crippen molar-refractivity contribution in [2.75, 3.05) is 26.2 Å². The van der Waals surface area contributed by atoms with E-state index in [9.17, 15) is 9.59 Å². The molecule has 0 atom stereocenters. The number of piperazine rings is 1. The zero-order valence-electron chi connectivity index (χ0n) is 13.5. The molecule has 2 rings (SSSR count). The van der Waals surface area contributed by atoms with Crippen LogP contribution in [0.5, 0.6) is 0 Å². The van der Waals surface area contributed by atoms with Crippen LogP contribution in [0.15, 0.2) is 18.2 Å². The molecule has 1 aromatic carbocycles. The second kappa shape index (κ2) is 6.97. The molecule has 1 N–H and O–H groups in total. The van der Waals surface area contributed by atoms with Gasteiger partial charge in [0.15, 0.2) is 0 Å². The Morgan fingerprint density at radius 2 is 1.61 bits per heavy atom. The molecule has 1 aliphatic rings. The molecule has 0 unspecified atom stereocenters. The predicted octanol–water partition coefficient (Wildman–Crippen LogP) is 3.26. The first-order valence-electron chi connectivity index (χ1n) is 7.49. The number of rotatable bonds is 1. The molecule has 0 radical (unpaired) electrons. The molecule has 1 aromatic rings. The molecule has 3 amide bonds. The van der Waals surface area contributed by atoms with E-state index in [1.165, 1.54) is 0 Å². The number of carbonyl (C=O) groups excluding carboxylic acids is 2. The molecule has 1 heterocycles. The summed E-state index contributed by atoms with van der Waals surface area (Å²) in [6.07, 6.45) is 0. The fourth-order valence-electron chi connectivity index (χ4n) is 2.35. The highest BCUT2D eigenvalue weighted by Gasteiger charge is 2.27. The van der Waals surface area contributed by atoms with E-state index in [-0.39, 0.29) is 17.5 Å². The monoisotopic (exact) mass is 357 g/mol. The van der Waals surface area contributed by atoms with Crippen molar-refractivity contribution in [3.8, 4) is 0 Å². The molecule has 1 saturated heterocycles. The van der Waals surface area contributed by atoms with Crippen molar-refractivity contribution in [2.45, 2.75) is 26.3 Å². The SMILES string of the molecule is CC(C)(C)NC(=O)N1CCN(C(=O)c2ccc(Cl)cc2Cl)CC1. The van der Waals surface area contributed by atoms with E-state index < -0.39 is 0 Å². The number of hydrogen-bond donors (Lipinski definition) is 1. The van der Waals surface area contributed by atoms with Gasteiger partial charge in [-0.3, -0.25) is 4.79 Å². The minimum atomic E-state index is -0.277. The lowest BCUT2D eigenvalue weighted by Crippen LogP contribution is -2.56. The number of hydrogen-bond acceptors (Lipinski definition) is 2. The number of carbonyl (C=O) groups is 2. The number of nitrogens with one attached hydrogen (secondary N) is 1. The molecule has 0 aromatic heterocycles. The standard InChI is InChI=1S/C16H21Cl2N3O2/c1-16(2,3)19-15(23)21-8-6-20(7-9-21)14(22)12-5-4-11(17)10-13(12)18/h4-5,10H,6-9H2,1-3H3,(H,19,23). The van der Waals surface area contributed by atoms with Gasteiger partial charge in [-0.25, -0.2) is 4.79 Å². The van der Waals surface area contributed by atoms with E-state index in [1.807, 2.05) is 20.8 Å². The van der Waals surface area contributed by atoms with Crippen molar-refractivity contribution in [3.05, 3.63) is 33.8 Å². The van der Waals surface area contributed by atoms with E-state index in [1.54, 1.807) is 28.0 Å².